The number of nitrogens with zero attached hydrogens (tertiary/aromatic N) is 5. The molecule has 4 heterocycles. The fraction of sp³-hybridized carbons (Fsp3) is 0. The molecule has 0 unspecified atom stereocenters. The van der Waals surface area contributed by atoms with Gasteiger partial charge in [-0.15, -0.1) is 0 Å². The molecule has 8 rings (SSSR count). The van der Waals surface area contributed by atoms with Gasteiger partial charge in [0.25, 0.3) is 0 Å². The number of imidazole rings is 2. The second-order valence-corrected chi connectivity index (χ2v) is 9.21. The first-order chi connectivity index (χ1) is 18.4. The Hall–Kier alpha value is -5.16. The van der Waals surface area contributed by atoms with Crippen molar-refractivity contribution in [3.63, 3.8) is 0 Å². The van der Waals surface area contributed by atoms with Gasteiger partial charge in [0, 0.05) is 28.5 Å². The summed E-state index contributed by atoms with van der Waals surface area (Å²) >= 11 is 0. The van der Waals surface area contributed by atoms with Gasteiger partial charge in [-0.05, 0) is 66.7 Å². The minimum absolute atomic E-state index is 0.927. The fourth-order valence-electron chi connectivity index (χ4n) is 5.44. The van der Waals surface area contributed by atoms with Gasteiger partial charge >= 0.3 is 0 Å². The van der Waals surface area contributed by atoms with Gasteiger partial charge in [-0.25, -0.2) is 9.97 Å². The van der Waals surface area contributed by atoms with Gasteiger partial charge in [-0.3, -0.25) is 13.5 Å². The number of benzene rings is 4. The Morgan fingerprint density at radius 2 is 1.22 bits per heavy atom. The van der Waals surface area contributed by atoms with Crippen LogP contribution in [0.4, 0.5) is 0 Å². The maximum absolute atomic E-state index is 5.03. The predicted molar refractivity (Wildman–Crippen MR) is 150 cm³/mol. The number of rotatable bonds is 3. The molecule has 5 heteroatoms. The summed E-state index contributed by atoms with van der Waals surface area (Å²) in [5.74, 6) is 0.927. The van der Waals surface area contributed by atoms with E-state index in [1.54, 1.807) is 0 Å². The van der Waals surface area contributed by atoms with Crippen LogP contribution in [0.2, 0.25) is 0 Å². The highest BCUT2D eigenvalue weighted by Crippen LogP contribution is 2.34. The molecule has 0 spiro atoms. The number of para-hydroxylation sites is 4. The van der Waals surface area contributed by atoms with Crippen LogP contribution in [0.25, 0.3) is 61.5 Å². The molecule has 8 aromatic rings. The molecule has 0 aliphatic heterocycles. The largest absolute Gasteiger partial charge is 0.294 e. The van der Waals surface area contributed by atoms with E-state index in [9.17, 15) is 0 Å². The van der Waals surface area contributed by atoms with Gasteiger partial charge in [0.05, 0.1) is 16.6 Å². The lowest BCUT2D eigenvalue weighted by atomic mass is 10.1. The summed E-state index contributed by atoms with van der Waals surface area (Å²) in [5.41, 5.74) is 9.49. The van der Waals surface area contributed by atoms with Gasteiger partial charge in [0.1, 0.15) is 17.0 Å². The second-order valence-electron chi connectivity index (χ2n) is 9.21. The van der Waals surface area contributed by atoms with Crippen LogP contribution < -0.4 is 0 Å². The summed E-state index contributed by atoms with van der Waals surface area (Å²) < 4.78 is 6.70. The molecule has 0 N–H and O–H groups in total. The molecule has 4 aromatic carbocycles. The number of fused-ring (bicyclic) bond motifs is 6. The average Bonchev–Trinajstić information content (AvgIpc) is 3.63. The molecule has 0 saturated heterocycles. The van der Waals surface area contributed by atoms with Crippen LogP contribution in [-0.4, -0.2) is 23.5 Å². The van der Waals surface area contributed by atoms with Crippen LogP contribution in [0.5, 0.6) is 0 Å². The van der Waals surface area contributed by atoms with Crippen molar-refractivity contribution in [3.05, 3.63) is 128 Å². The molecule has 37 heavy (non-hydrogen) atoms. The molecule has 5 nitrogen and oxygen atoms in total. The smallest absolute Gasteiger partial charge is 0.150 e. The first kappa shape index (κ1) is 20.1. The summed E-state index contributed by atoms with van der Waals surface area (Å²) in [7, 11) is 0. The molecule has 0 aliphatic rings. The van der Waals surface area contributed by atoms with E-state index in [0.29, 0.717) is 0 Å². The lowest BCUT2D eigenvalue weighted by molar-refractivity contribution is 1.09. The zero-order valence-corrected chi connectivity index (χ0v) is 19.9. The van der Waals surface area contributed by atoms with E-state index >= 15 is 0 Å². The summed E-state index contributed by atoms with van der Waals surface area (Å²) in [6.07, 6.45) is 2.08. The molecule has 0 atom stereocenters. The molecule has 0 amide bonds. The fourth-order valence-corrected chi connectivity index (χ4v) is 5.44. The van der Waals surface area contributed by atoms with E-state index < -0.39 is 0 Å². The molecule has 0 bridgehead atoms. The Morgan fingerprint density at radius 1 is 0.514 bits per heavy atom. The van der Waals surface area contributed by atoms with Crippen molar-refractivity contribution < 1.29 is 0 Å². The molecule has 0 saturated carbocycles. The van der Waals surface area contributed by atoms with Gasteiger partial charge in [0.2, 0.25) is 0 Å². The van der Waals surface area contributed by atoms with E-state index in [-0.39, 0.29) is 0 Å². The molecule has 0 radical (unpaired) electrons. The van der Waals surface area contributed by atoms with E-state index in [2.05, 4.69) is 117 Å². The Bertz CT molecular complexity index is 2070. The SMILES string of the molecule is c1ccc(-n2c(-c3ccc(-n4c5ccccc5c5nc6ccccn6c54)cc3)nc3ccccc32)cc1. The topological polar surface area (TPSA) is 40.0 Å². The second kappa shape index (κ2) is 7.67. The lowest BCUT2D eigenvalue weighted by Crippen LogP contribution is -1.99. The monoisotopic (exact) mass is 475 g/mol. The first-order valence-corrected chi connectivity index (χ1v) is 12.4. The quantitative estimate of drug-likeness (QED) is 0.266. The maximum Gasteiger partial charge on any atom is 0.150 e. The number of aromatic nitrogens is 5. The minimum Gasteiger partial charge on any atom is -0.294 e. The maximum atomic E-state index is 5.03. The standard InChI is InChI=1S/C32H21N5/c1-2-10-23(11-3-1)36-28-15-7-5-13-26(28)33-31(36)22-17-19-24(20-18-22)37-27-14-6-4-12-25(27)30-32(37)35-21-9-8-16-29(35)34-30/h1-21H. The number of hydrogen-bond donors (Lipinski definition) is 0. The summed E-state index contributed by atoms with van der Waals surface area (Å²) in [5, 5.41) is 1.15. The third-order valence-electron chi connectivity index (χ3n) is 7.08. The van der Waals surface area contributed by atoms with Crippen LogP contribution in [0.15, 0.2) is 128 Å². The van der Waals surface area contributed by atoms with E-state index in [1.807, 2.05) is 24.3 Å². The predicted octanol–water partition coefficient (Wildman–Crippen LogP) is 7.44. The minimum atomic E-state index is 0.927. The summed E-state index contributed by atoms with van der Waals surface area (Å²) in [4.78, 5) is 9.98. The molecular weight excluding hydrogens is 454 g/mol. The summed E-state index contributed by atoms with van der Waals surface area (Å²) in [6.45, 7) is 0. The number of pyridine rings is 1. The van der Waals surface area contributed by atoms with Gasteiger partial charge < -0.3 is 0 Å². The normalized spacial score (nSPS) is 11.8. The third kappa shape index (κ3) is 2.91. The van der Waals surface area contributed by atoms with Crippen molar-refractivity contribution in [2.24, 2.45) is 0 Å². The number of hydrogen-bond acceptors (Lipinski definition) is 2. The van der Waals surface area contributed by atoms with E-state index in [1.165, 1.54) is 0 Å². The van der Waals surface area contributed by atoms with Crippen molar-refractivity contribution >= 4 is 38.7 Å². The Labute approximate surface area is 212 Å². The van der Waals surface area contributed by atoms with Crippen LogP contribution in [-0.2, 0) is 0 Å². The highest BCUT2D eigenvalue weighted by atomic mass is 15.1. The first-order valence-electron chi connectivity index (χ1n) is 12.4. The summed E-state index contributed by atoms with van der Waals surface area (Å²) in [6, 6.07) is 42.0. The van der Waals surface area contributed by atoms with Gasteiger partial charge in [0.15, 0.2) is 5.65 Å². The molecule has 4 aromatic heterocycles. The van der Waals surface area contributed by atoms with Crippen LogP contribution >= 0.6 is 0 Å². The Morgan fingerprint density at radius 3 is 2.08 bits per heavy atom. The van der Waals surface area contributed by atoms with Crippen LogP contribution in [0, 0.1) is 0 Å². The Kier molecular flexibility index (Phi) is 4.16. The van der Waals surface area contributed by atoms with Crippen molar-refractivity contribution in [1.29, 1.82) is 0 Å². The lowest BCUT2D eigenvalue weighted by Gasteiger charge is -2.11. The van der Waals surface area contributed by atoms with Crippen LogP contribution in [0.3, 0.4) is 0 Å². The zero-order chi connectivity index (χ0) is 24.3. The van der Waals surface area contributed by atoms with Gasteiger partial charge in [-0.1, -0.05) is 54.6 Å². The average molecular weight is 476 g/mol. The molecular formula is C32H21N5. The highest BCUT2D eigenvalue weighted by Gasteiger charge is 2.18. The molecule has 174 valence electrons. The van der Waals surface area contributed by atoms with E-state index in [0.717, 1.165) is 61.5 Å². The molecule has 0 aliphatic carbocycles. The van der Waals surface area contributed by atoms with Crippen molar-refractivity contribution in [1.82, 2.24) is 23.5 Å². The van der Waals surface area contributed by atoms with Crippen molar-refractivity contribution in [3.8, 4) is 22.8 Å². The zero-order valence-electron chi connectivity index (χ0n) is 19.9. The van der Waals surface area contributed by atoms with Crippen LogP contribution in [0.1, 0.15) is 0 Å². The highest BCUT2D eigenvalue weighted by molar-refractivity contribution is 6.07. The Balaban J connectivity index is 1.35. The molecule has 0 fully saturated rings. The van der Waals surface area contributed by atoms with Gasteiger partial charge in [-0.2, -0.15) is 0 Å². The van der Waals surface area contributed by atoms with Crippen molar-refractivity contribution in [2.45, 2.75) is 0 Å². The van der Waals surface area contributed by atoms with E-state index in [4.69, 9.17) is 9.97 Å². The van der Waals surface area contributed by atoms with Crippen molar-refractivity contribution in [2.75, 3.05) is 0 Å². The third-order valence-corrected chi connectivity index (χ3v) is 7.08.